The van der Waals surface area contributed by atoms with Crippen molar-refractivity contribution in [3.8, 4) is 0 Å². The number of Topliss-reactive ketones (excluding diaryl/α,β-unsaturated/α-hetero) is 1. The molecule has 140 valence electrons. The summed E-state index contributed by atoms with van der Waals surface area (Å²) in [4.78, 5) is 36.7. The van der Waals surface area contributed by atoms with Crippen LogP contribution in [0.2, 0.25) is 0 Å². The largest absolute Gasteiger partial charge is 0.455 e. The van der Waals surface area contributed by atoms with E-state index < -0.39 is 0 Å². The first kappa shape index (κ1) is 18.6. The van der Waals surface area contributed by atoms with E-state index in [1.54, 1.807) is 0 Å². The zero-order valence-corrected chi connectivity index (χ0v) is 15.8. The second-order valence-corrected chi connectivity index (χ2v) is 7.83. The number of carbonyl (C=O) groups is 3. The SMILES string of the molecule is Cc1cc(C)c(NC(=O)COC(=O)C2C[C@H]3CCC[C@@H](C2)C3=O)c(C)c1. The first-order chi connectivity index (χ1) is 12.3. The number of benzene rings is 1. The average molecular weight is 357 g/mol. The maximum absolute atomic E-state index is 12.4. The molecular weight excluding hydrogens is 330 g/mol. The number of nitrogens with one attached hydrogen (secondary N) is 1. The fourth-order valence-electron chi connectivity index (χ4n) is 4.48. The Morgan fingerprint density at radius 1 is 1.08 bits per heavy atom. The van der Waals surface area contributed by atoms with Gasteiger partial charge < -0.3 is 10.1 Å². The molecule has 1 amide bonds. The smallest absolute Gasteiger partial charge is 0.309 e. The summed E-state index contributed by atoms with van der Waals surface area (Å²) in [5.41, 5.74) is 3.89. The summed E-state index contributed by atoms with van der Waals surface area (Å²) in [6, 6.07) is 4.01. The third-order valence-corrected chi connectivity index (χ3v) is 5.67. The molecule has 2 aliphatic rings. The molecule has 2 aliphatic carbocycles. The molecule has 1 unspecified atom stereocenters. The van der Waals surface area contributed by atoms with Gasteiger partial charge in [-0.25, -0.2) is 0 Å². The number of fused-ring (bicyclic) bond motifs is 2. The van der Waals surface area contributed by atoms with Crippen molar-refractivity contribution in [1.82, 2.24) is 0 Å². The molecule has 5 heteroatoms. The van der Waals surface area contributed by atoms with Gasteiger partial charge in [0.1, 0.15) is 5.78 Å². The summed E-state index contributed by atoms with van der Waals surface area (Å²) in [6.45, 7) is 5.61. The third kappa shape index (κ3) is 3.97. The molecule has 1 N–H and O–H groups in total. The van der Waals surface area contributed by atoms with E-state index in [4.69, 9.17) is 4.74 Å². The minimum absolute atomic E-state index is 0.00624. The monoisotopic (exact) mass is 357 g/mol. The number of rotatable bonds is 4. The number of aryl methyl sites for hydroxylation is 3. The molecule has 5 nitrogen and oxygen atoms in total. The van der Waals surface area contributed by atoms with Crippen LogP contribution in [-0.4, -0.2) is 24.3 Å². The maximum atomic E-state index is 12.4. The summed E-state index contributed by atoms with van der Waals surface area (Å²) in [7, 11) is 0. The molecule has 3 rings (SSSR count). The van der Waals surface area contributed by atoms with Crippen molar-refractivity contribution < 1.29 is 19.1 Å². The molecule has 1 aromatic rings. The lowest BCUT2D eigenvalue weighted by molar-refractivity contribution is -0.155. The van der Waals surface area contributed by atoms with Gasteiger partial charge in [-0.2, -0.15) is 0 Å². The summed E-state index contributed by atoms with van der Waals surface area (Å²) in [5.74, 6) is -0.595. The van der Waals surface area contributed by atoms with Crippen molar-refractivity contribution in [2.24, 2.45) is 17.8 Å². The number of ether oxygens (including phenoxy) is 1. The van der Waals surface area contributed by atoms with Crippen LogP contribution in [0, 0.1) is 38.5 Å². The van der Waals surface area contributed by atoms with Gasteiger partial charge in [-0.15, -0.1) is 0 Å². The first-order valence-corrected chi connectivity index (χ1v) is 9.43. The lowest BCUT2D eigenvalue weighted by Crippen LogP contribution is -2.40. The molecular formula is C21H27NO4. The van der Waals surface area contributed by atoms with Crippen LogP contribution in [0.25, 0.3) is 0 Å². The van der Waals surface area contributed by atoms with Gasteiger partial charge in [-0.05, 0) is 57.6 Å². The Labute approximate surface area is 154 Å². The standard InChI is InChI=1S/C21H27NO4/c1-12-7-13(2)19(14(3)8-12)22-18(23)11-26-21(25)17-9-15-5-4-6-16(10-17)20(15)24/h7-8,15-17H,4-6,9-11H2,1-3H3,(H,22,23)/t15-,16+,17?. The van der Waals surface area contributed by atoms with Crippen LogP contribution < -0.4 is 5.32 Å². The number of anilines is 1. The van der Waals surface area contributed by atoms with E-state index in [9.17, 15) is 14.4 Å². The molecule has 0 saturated heterocycles. The zero-order chi connectivity index (χ0) is 18.8. The van der Waals surface area contributed by atoms with Gasteiger partial charge in [0.05, 0.1) is 5.92 Å². The van der Waals surface area contributed by atoms with Crippen molar-refractivity contribution in [3.63, 3.8) is 0 Å². The van der Waals surface area contributed by atoms with Gasteiger partial charge in [-0.1, -0.05) is 24.1 Å². The van der Waals surface area contributed by atoms with E-state index >= 15 is 0 Å². The molecule has 0 spiro atoms. The van der Waals surface area contributed by atoms with Gasteiger partial charge in [0.2, 0.25) is 0 Å². The second kappa shape index (κ2) is 7.60. The minimum Gasteiger partial charge on any atom is -0.455 e. The van der Waals surface area contributed by atoms with Gasteiger partial charge in [0, 0.05) is 17.5 Å². The van der Waals surface area contributed by atoms with Crippen molar-refractivity contribution in [1.29, 1.82) is 0 Å². The Bertz CT molecular complexity index is 701. The number of hydrogen-bond acceptors (Lipinski definition) is 4. The summed E-state index contributed by atoms with van der Waals surface area (Å²) in [6.07, 6.45) is 3.98. The van der Waals surface area contributed by atoms with Crippen LogP contribution in [0.1, 0.15) is 48.8 Å². The first-order valence-electron chi connectivity index (χ1n) is 9.43. The van der Waals surface area contributed by atoms with Crippen LogP contribution in [0.3, 0.4) is 0 Å². The van der Waals surface area contributed by atoms with E-state index in [1.165, 1.54) is 0 Å². The predicted octanol–water partition coefficient (Wildman–Crippen LogP) is 3.49. The van der Waals surface area contributed by atoms with Crippen LogP contribution >= 0.6 is 0 Å². The van der Waals surface area contributed by atoms with Crippen LogP contribution in [-0.2, 0) is 19.1 Å². The molecule has 3 atom stereocenters. The van der Waals surface area contributed by atoms with Gasteiger partial charge in [0.25, 0.3) is 5.91 Å². The normalized spacial score (nSPS) is 24.9. The zero-order valence-electron chi connectivity index (χ0n) is 15.8. The fraction of sp³-hybridized carbons (Fsp3) is 0.571. The molecule has 0 radical (unpaired) electrons. The highest BCUT2D eigenvalue weighted by Crippen LogP contribution is 2.40. The van der Waals surface area contributed by atoms with E-state index in [1.807, 2.05) is 32.9 Å². The highest BCUT2D eigenvalue weighted by molar-refractivity contribution is 5.94. The Balaban J connectivity index is 1.53. The van der Waals surface area contributed by atoms with Crippen molar-refractivity contribution >= 4 is 23.3 Å². The molecule has 2 fully saturated rings. The number of ketones is 1. The number of carbonyl (C=O) groups excluding carboxylic acids is 3. The Morgan fingerprint density at radius 2 is 1.65 bits per heavy atom. The average Bonchev–Trinajstić information content (AvgIpc) is 2.55. The molecule has 0 heterocycles. The Kier molecular flexibility index (Phi) is 5.44. The van der Waals surface area contributed by atoms with E-state index in [0.717, 1.165) is 41.6 Å². The molecule has 0 aromatic heterocycles. The minimum atomic E-state index is -0.345. The number of hydrogen-bond donors (Lipinski definition) is 1. The fourth-order valence-corrected chi connectivity index (χ4v) is 4.48. The molecule has 2 saturated carbocycles. The summed E-state index contributed by atoms with van der Waals surface area (Å²) in [5, 5.41) is 2.84. The van der Waals surface area contributed by atoms with E-state index in [0.29, 0.717) is 18.6 Å². The second-order valence-electron chi connectivity index (χ2n) is 7.83. The van der Waals surface area contributed by atoms with Gasteiger partial charge in [0.15, 0.2) is 6.61 Å². The van der Waals surface area contributed by atoms with Gasteiger partial charge >= 0.3 is 5.97 Å². The quantitative estimate of drug-likeness (QED) is 0.837. The van der Waals surface area contributed by atoms with Crippen molar-refractivity contribution in [3.05, 3.63) is 28.8 Å². The summed E-state index contributed by atoms with van der Waals surface area (Å²) >= 11 is 0. The lowest BCUT2D eigenvalue weighted by atomic mass is 9.67. The highest BCUT2D eigenvalue weighted by Gasteiger charge is 2.41. The predicted molar refractivity (Wildman–Crippen MR) is 98.8 cm³/mol. The molecule has 2 bridgehead atoms. The van der Waals surface area contributed by atoms with E-state index in [2.05, 4.69) is 5.32 Å². The third-order valence-electron chi connectivity index (χ3n) is 5.67. The lowest BCUT2D eigenvalue weighted by Gasteiger charge is -2.36. The molecule has 1 aromatic carbocycles. The van der Waals surface area contributed by atoms with E-state index in [-0.39, 0.29) is 36.2 Å². The van der Waals surface area contributed by atoms with Gasteiger partial charge in [-0.3, -0.25) is 14.4 Å². The topological polar surface area (TPSA) is 72.5 Å². The number of amides is 1. The number of esters is 1. The molecule has 26 heavy (non-hydrogen) atoms. The van der Waals surface area contributed by atoms with Crippen molar-refractivity contribution in [2.75, 3.05) is 11.9 Å². The van der Waals surface area contributed by atoms with Crippen LogP contribution in [0.15, 0.2) is 12.1 Å². The molecule has 0 aliphatic heterocycles. The highest BCUT2D eigenvalue weighted by atomic mass is 16.5. The Hall–Kier alpha value is -2.17. The Morgan fingerprint density at radius 3 is 2.23 bits per heavy atom. The van der Waals surface area contributed by atoms with Crippen LogP contribution in [0.5, 0.6) is 0 Å². The maximum Gasteiger partial charge on any atom is 0.309 e. The summed E-state index contributed by atoms with van der Waals surface area (Å²) < 4.78 is 5.26. The van der Waals surface area contributed by atoms with Crippen LogP contribution in [0.4, 0.5) is 5.69 Å². The van der Waals surface area contributed by atoms with Crippen molar-refractivity contribution in [2.45, 2.75) is 52.9 Å².